The second-order valence-corrected chi connectivity index (χ2v) is 4.37. The van der Waals surface area contributed by atoms with Gasteiger partial charge < -0.3 is 5.32 Å². The van der Waals surface area contributed by atoms with Crippen LogP contribution in [0.15, 0.2) is 18.2 Å². The molecule has 3 nitrogen and oxygen atoms in total. The average molecular weight is 222 g/mol. The second kappa shape index (κ2) is 3.51. The first-order chi connectivity index (χ1) is 7.36. The van der Waals surface area contributed by atoms with Gasteiger partial charge in [0.25, 0.3) is 0 Å². The Balaban J connectivity index is 2.15. The van der Waals surface area contributed by atoms with Gasteiger partial charge in [-0.15, -0.1) is 0 Å². The molecule has 2 heterocycles. The molecule has 1 atom stereocenters. The molecule has 1 fully saturated rings. The monoisotopic (exact) mass is 221 g/mol. The van der Waals surface area contributed by atoms with Crippen molar-refractivity contribution in [2.45, 2.75) is 12.3 Å². The number of aromatic amines is 1. The molecule has 78 valence electrons. The molecule has 0 spiro atoms. The Bertz CT molecular complexity index is 486. The van der Waals surface area contributed by atoms with Crippen molar-refractivity contribution in [3.8, 4) is 0 Å². The second-order valence-electron chi connectivity index (χ2n) is 3.96. The lowest BCUT2D eigenvalue weighted by atomic mass is 10.0. The fourth-order valence-corrected chi connectivity index (χ4v) is 2.45. The van der Waals surface area contributed by atoms with Crippen LogP contribution in [0.3, 0.4) is 0 Å². The minimum absolute atomic E-state index is 0.550. The van der Waals surface area contributed by atoms with E-state index in [0.29, 0.717) is 5.92 Å². The molecule has 1 aliphatic heterocycles. The van der Waals surface area contributed by atoms with Crippen molar-refractivity contribution in [1.29, 1.82) is 0 Å². The highest BCUT2D eigenvalue weighted by molar-refractivity contribution is 6.35. The lowest BCUT2D eigenvalue weighted by Gasteiger charge is -2.05. The first-order valence-corrected chi connectivity index (χ1v) is 5.57. The largest absolute Gasteiger partial charge is 0.316 e. The maximum absolute atomic E-state index is 6.08. The van der Waals surface area contributed by atoms with Crippen LogP contribution in [0.4, 0.5) is 0 Å². The summed E-state index contributed by atoms with van der Waals surface area (Å²) in [5, 5.41) is 12.6. The van der Waals surface area contributed by atoms with Crippen molar-refractivity contribution < 1.29 is 0 Å². The summed E-state index contributed by atoms with van der Waals surface area (Å²) in [6.07, 6.45) is 1.17. The summed E-state index contributed by atoms with van der Waals surface area (Å²) < 4.78 is 0. The number of rotatable bonds is 1. The zero-order valence-electron chi connectivity index (χ0n) is 8.26. The van der Waals surface area contributed by atoms with Gasteiger partial charge in [-0.3, -0.25) is 5.10 Å². The number of nitrogens with zero attached hydrogens (tertiary/aromatic N) is 1. The number of halogens is 1. The van der Waals surface area contributed by atoms with E-state index in [1.54, 1.807) is 0 Å². The number of nitrogens with one attached hydrogen (secondary N) is 2. The van der Waals surface area contributed by atoms with Gasteiger partial charge in [-0.25, -0.2) is 0 Å². The maximum atomic E-state index is 6.08. The summed E-state index contributed by atoms with van der Waals surface area (Å²) >= 11 is 6.08. The van der Waals surface area contributed by atoms with E-state index < -0.39 is 0 Å². The van der Waals surface area contributed by atoms with Crippen LogP contribution in [0.5, 0.6) is 0 Å². The number of fused-ring (bicyclic) bond motifs is 1. The van der Waals surface area contributed by atoms with Gasteiger partial charge in [-0.2, -0.15) is 5.10 Å². The van der Waals surface area contributed by atoms with Crippen molar-refractivity contribution >= 4 is 22.5 Å². The molecule has 4 heteroatoms. The van der Waals surface area contributed by atoms with E-state index in [-0.39, 0.29) is 0 Å². The van der Waals surface area contributed by atoms with Gasteiger partial charge in [-0.05, 0) is 19.0 Å². The van der Waals surface area contributed by atoms with Crippen LogP contribution >= 0.6 is 11.6 Å². The summed E-state index contributed by atoms with van der Waals surface area (Å²) in [5.74, 6) is 0.550. The molecule has 1 aliphatic rings. The van der Waals surface area contributed by atoms with Gasteiger partial charge in [0.15, 0.2) is 0 Å². The average Bonchev–Trinajstić information content (AvgIpc) is 2.85. The number of para-hydroxylation sites is 1. The van der Waals surface area contributed by atoms with Crippen molar-refractivity contribution in [2.24, 2.45) is 0 Å². The Labute approximate surface area is 92.8 Å². The molecule has 0 amide bonds. The van der Waals surface area contributed by atoms with Crippen LogP contribution in [0.25, 0.3) is 10.9 Å². The fraction of sp³-hybridized carbons (Fsp3) is 0.364. The first-order valence-electron chi connectivity index (χ1n) is 5.19. The molecule has 1 aromatic heterocycles. The summed E-state index contributed by atoms with van der Waals surface area (Å²) in [6, 6.07) is 5.94. The van der Waals surface area contributed by atoms with Gasteiger partial charge in [0, 0.05) is 23.5 Å². The number of hydrogen-bond acceptors (Lipinski definition) is 2. The van der Waals surface area contributed by atoms with E-state index in [4.69, 9.17) is 11.6 Å². The van der Waals surface area contributed by atoms with Gasteiger partial charge in [0.2, 0.25) is 0 Å². The van der Waals surface area contributed by atoms with Crippen LogP contribution in [0.2, 0.25) is 5.02 Å². The minimum atomic E-state index is 0.550. The SMILES string of the molecule is Clc1cccc2c([C@@H]3CCNC3)[nH]nc12. The van der Waals surface area contributed by atoms with E-state index in [9.17, 15) is 0 Å². The zero-order valence-corrected chi connectivity index (χ0v) is 9.01. The van der Waals surface area contributed by atoms with Crippen LogP contribution < -0.4 is 5.32 Å². The molecule has 1 saturated heterocycles. The van der Waals surface area contributed by atoms with Crippen LogP contribution in [0.1, 0.15) is 18.0 Å². The van der Waals surface area contributed by atoms with Crippen molar-refractivity contribution in [3.05, 3.63) is 28.9 Å². The molecule has 0 aliphatic carbocycles. The third-order valence-corrected chi connectivity index (χ3v) is 3.34. The van der Waals surface area contributed by atoms with E-state index in [0.717, 1.165) is 29.0 Å². The molecule has 0 saturated carbocycles. The normalized spacial score (nSPS) is 21.3. The summed E-state index contributed by atoms with van der Waals surface area (Å²) in [5.41, 5.74) is 2.11. The summed E-state index contributed by atoms with van der Waals surface area (Å²) in [7, 11) is 0. The molecule has 0 bridgehead atoms. The molecule has 3 rings (SSSR count). The number of benzene rings is 1. The third kappa shape index (κ3) is 1.43. The van der Waals surface area contributed by atoms with Gasteiger partial charge in [0.1, 0.15) is 5.52 Å². The van der Waals surface area contributed by atoms with E-state index >= 15 is 0 Å². The highest BCUT2D eigenvalue weighted by atomic mass is 35.5. The molecule has 2 N–H and O–H groups in total. The Morgan fingerprint density at radius 3 is 3.13 bits per heavy atom. The number of hydrogen-bond donors (Lipinski definition) is 2. The quantitative estimate of drug-likeness (QED) is 0.776. The lowest BCUT2D eigenvalue weighted by molar-refractivity contribution is 0.734. The maximum Gasteiger partial charge on any atom is 0.111 e. The molecule has 2 aromatic rings. The molecule has 15 heavy (non-hydrogen) atoms. The zero-order chi connectivity index (χ0) is 10.3. The van der Waals surface area contributed by atoms with E-state index in [2.05, 4.69) is 21.6 Å². The highest BCUT2D eigenvalue weighted by Crippen LogP contribution is 2.30. The molecule has 0 radical (unpaired) electrons. The first kappa shape index (κ1) is 9.19. The standard InChI is InChI=1S/C11H12ClN3/c12-9-3-1-2-8-10(14-15-11(8)9)7-4-5-13-6-7/h1-3,7,13H,4-6H2,(H,14,15)/t7-/m1/s1. The molecular weight excluding hydrogens is 210 g/mol. The van der Waals surface area contributed by atoms with E-state index in [1.165, 1.54) is 12.1 Å². The van der Waals surface area contributed by atoms with Gasteiger partial charge >= 0.3 is 0 Å². The Hall–Kier alpha value is -1.06. The minimum Gasteiger partial charge on any atom is -0.316 e. The Morgan fingerprint density at radius 2 is 2.33 bits per heavy atom. The van der Waals surface area contributed by atoms with Crippen LogP contribution in [-0.2, 0) is 0 Å². The Morgan fingerprint density at radius 1 is 1.40 bits per heavy atom. The van der Waals surface area contributed by atoms with Gasteiger partial charge in [0.05, 0.1) is 5.02 Å². The summed E-state index contributed by atoms with van der Waals surface area (Å²) in [4.78, 5) is 0. The Kier molecular flexibility index (Phi) is 2.15. The molecule has 0 unspecified atom stereocenters. The number of H-pyrrole nitrogens is 1. The summed E-state index contributed by atoms with van der Waals surface area (Å²) in [6.45, 7) is 2.12. The lowest BCUT2D eigenvalue weighted by Crippen LogP contribution is -2.08. The smallest absolute Gasteiger partial charge is 0.111 e. The van der Waals surface area contributed by atoms with E-state index in [1.807, 2.05) is 12.1 Å². The molecular formula is C11H12ClN3. The third-order valence-electron chi connectivity index (χ3n) is 3.03. The van der Waals surface area contributed by atoms with Crippen molar-refractivity contribution in [2.75, 3.05) is 13.1 Å². The topological polar surface area (TPSA) is 40.7 Å². The molecule has 1 aromatic carbocycles. The highest BCUT2D eigenvalue weighted by Gasteiger charge is 2.21. The fourth-order valence-electron chi connectivity index (χ4n) is 2.23. The van der Waals surface area contributed by atoms with Crippen molar-refractivity contribution in [3.63, 3.8) is 0 Å². The van der Waals surface area contributed by atoms with Crippen molar-refractivity contribution in [1.82, 2.24) is 15.5 Å². The predicted molar refractivity (Wildman–Crippen MR) is 61.3 cm³/mol. The number of aromatic nitrogens is 2. The van der Waals surface area contributed by atoms with Crippen LogP contribution in [0, 0.1) is 0 Å². The predicted octanol–water partition coefficient (Wildman–Crippen LogP) is 2.29. The van der Waals surface area contributed by atoms with Crippen LogP contribution in [-0.4, -0.2) is 23.3 Å². The van der Waals surface area contributed by atoms with Gasteiger partial charge in [-0.1, -0.05) is 23.7 Å².